The zero-order chi connectivity index (χ0) is 18.4. The van der Waals surface area contributed by atoms with Gasteiger partial charge in [-0.25, -0.2) is 0 Å². The lowest BCUT2D eigenvalue weighted by Gasteiger charge is -2.29. The summed E-state index contributed by atoms with van der Waals surface area (Å²) >= 11 is 1.68. The number of benzene rings is 1. The number of amides is 1. The Labute approximate surface area is 158 Å². The summed E-state index contributed by atoms with van der Waals surface area (Å²) < 4.78 is 11.3. The number of hydrogen-bond donors (Lipinski definition) is 1. The molecule has 1 aliphatic heterocycles. The molecule has 5 nitrogen and oxygen atoms in total. The number of hydrogen-bond acceptors (Lipinski definition) is 5. The van der Waals surface area contributed by atoms with Crippen molar-refractivity contribution in [2.24, 2.45) is 0 Å². The minimum absolute atomic E-state index is 0.0898. The van der Waals surface area contributed by atoms with Gasteiger partial charge in [0.25, 0.3) is 5.91 Å². The third-order valence-corrected chi connectivity index (χ3v) is 5.35. The molecule has 0 fully saturated rings. The second-order valence-electron chi connectivity index (χ2n) is 6.22. The third kappa shape index (κ3) is 4.37. The fourth-order valence-electron chi connectivity index (χ4n) is 3.18. The molecule has 0 spiro atoms. The van der Waals surface area contributed by atoms with Gasteiger partial charge in [0.1, 0.15) is 0 Å². The second-order valence-corrected chi connectivity index (χ2v) is 7.00. The lowest BCUT2D eigenvalue weighted by Crippen LogP contribution is -2.37. The molecule has 1 aromatic carbocycles. The van der Waals surface area contributed by atoms with Gasteiger partial charge in [0, 0.05) is 18.5 Å². The SMILES string of the molecule is CCN(CC)[C@@H](CNC(=O)c1ccc2c(c1)OCCCO2)c1ccsc1. The predicted octanol–water partition coefficient (Wildman–Crippen LogP) is 3.72. The zero-order valence-electron chi connectivity index (χ0n) is 15.4. The van der Waals surface area contributed by atoms with Crippen LogP contribution in [0.1, 0.15) is 42.2 Å². The lowest BCUT2D eigenvalue weighted by atomic mass is 10.1. The highest BCUT2D eigenvalue weighted by Crippen LogP contribution is 2.30. The van der Waals surface area contributed by atoms with Crippen LogP contribution in [0.15, 0.2) is 35.0 Å². The first-order chi connectivity index (χ1) is 12.7. The molecule has 1 aliphatic rings. The van der Waals surface area contributed by atoms with E-state index in [0.29, 0.717) is 36.8 Å². The molecule has 0 bridgehead atoms. The number of nitrogens with zero attached hydrogens (tertiary/aromatic N) is 1. The molecule has 0 radical (unpaired) electrons. The maximum atomic E-state index is 12.7. The van der Waals surface area contributed by atoms with Gasteiger partial charge >= 0.3 is 0 Å². The Hall–Kier alpha value is -2.05. The predicted molar refractivity (Wildman–Crippen MR) is 104 cm³/mol. The van der Waals surface area contributed by atoms with Gasteiger partial charge in [0.2, 0.25) is 0 Å². The maximum Gasteiger partial charge on any atom is 0.251 e. The Bertz CT molecular complexity index is 714. The van der Waals surface area contributed by atoms with Crippen LogP contribution in [-0.2, 0) is 0 Å². The van der Waals surface area contributed by atoms with Crippen LogP contribution < -0.4 is 14.8 Å². The standard InChI is InChI=1S/C20H26N2O3S/c1-3-22(4-2)17(16-8-11-26-14-16)13-21-20(23)15-6-7-18-19(12-15)25-10-5-9-24-18/h6-8,11-12,14,17H,3-5,9-10,13H2,1-2H3,(H,21,23)/t17-/m0/s1. The number of fused-ring (bicyclic) bond motifs is 1. The van der Waals surface area contributed by atoms with Crippen LogP contribution in [0.25, 0.3) is 0 Å². The topological polar surface area (TPSA) is 50.8 Å². The van der Waals surface area contributed by atoms with Crippen molar-refractivity contribution in [2.75, 3.05) is 32.8 Å². The van der Waals surface area contributed by atoms with Crippen molar-refractivity contribution in [2.45, 2.75) is 26.3 Å². The van der Waals surface area contributed by atoms with Crippen molar-refractivity contribution < 1.29 is 14.3 Å². The number of likely N-dealkylation sites (N-methyl/N-ethyl adjacent to an activating group) is 1. The highest BCUT2D eigenvalue weighted by Gasteiger charge is 2.20. The highest BCUT2D eigenvalue weighted by atomic mass is 32.1. The average Bonchev–Trinajstić information content (AvgIpc) is 3.09. The van der Waals surface area contributed by atoms with E-state index in [1.165, 1.54) is 5.56 Å². The summed E-state index contributed by atoms with van der Waals surface area (Å²) in [6.45, 7) is 8.01. The van der Waals surface area contributed by atoms with E-state index in [-0.39, 0.29) is 11.9 Å². The summed E-state index contributed by atoms with van der Waals surface area (Å²) in [4.78, 5) is 15.0. The number of carbonyl (C=O) groups is 1. The van der Waals surface area contributed by atoms with Crippen LogP contribution in [0.3, 0.4) is 0 Å². The zero-order valence-corrected chi connectivity index (χ0v) is 16.2. The maximum absolute atomic E-state index is 12.7. The van der Waals surface area contributed by atoms with Crippen molar-refractivity contribution in [3.05, 3.63) is 46.2 Å². The third-order valence-electron chi connectivity index (χ3n) is 4.65. The molecule has 0 unspecified atom stereocenters. The molecular formula is C20H26N2O3S. The summed E-state index contributed by atoms with van der Waals surface area (Å²) in [5.41, 5.74) is 1.84. The van der Waals surface area contributed by atoms with Crippen molar-refractivity contribution in [3.63, 3.8) is 0 Å². The van der Waals surface area contributed by atoms with Gasteiger partial charge in [-0.2, -0.15) is 11.3 Å². The van der Waals surface area contributed by atoms with Crippen molar-refractivity contribution in [3.8, 4) is 11.5 Å². The minimum Gasteiger partial charge on any atom is -0.490 e. The molecule has 140 valence electrons. The van der Waals surface area contributed by atoms with Crippen LogP contribution in [-0.4, -0.2) is 43.7 Å². The summed E-state index contributed by atoms with van der Waals surface area (Å²) in [7, 11) is 0. The number of nitrogens with one attached hydrogen (secondary N) is 1. The van der Waals surface area contributed by atoms with Gasteiger partial charge in [0.15, 0.2) is 11.5 Å². The molecule has 2 aromatic rings. The molecule has 0 aliphatic carbocycles. The van der Waals surface area contributed by atoms with E-state index in [2.05, 4.69) is 40.9 Å². The molecule has 2 heterocycles. The summed E-state index contributed by atoms with van der Waals surface area (Å²) in [6.07, 6.45) is 0.850. The van der Waals surface area contributed by atoms with Crippen LogP contribution >= 0.6 is 11.3 Å². The minimum atomic E-state index is -0.0898. The normalized spacial score (nSPS) is 14.7. The van der Waals surface area contributed by atoms with Crippen molar-refractivity contribution >= 4 is 17.2 Å². The first kappa shape index (κ1) is 18.7. The van der Waals surface area contributed by atoms with Gasteiger partial charge in [-0.05, 0) is 53.7 Å². The van der Waals surface area contributed by atoms with Crippen LogP contribution in [0.4, 0.5) is 0 Å². The molecule has 0 saturated carbocycles. The van der Waals surface area contributed by atoms with E-state index in [1.807, 2.05) is 6.07 Å². The molecule has 1 N–H and O–H groups in total. The van der Waals surface area contributed by atoms with E-state index < -0.39 is 0 Å². The Balaban J connectivity index is 1.69. The second kappa shape index (κ2) is 9.05. The van der Waals surface area contributed by atoms with E-state index in [0.717, 1.165) is 19.5 Å². The Kier molecular flexibility index (Phi) is 6.52. The fraction of sp³-hybridized carbons (Fsp3) is 0.450. The molecule has 1 amide bonds. The highest BCUT2D eigenvalue weighted by molar-refractivity contribution is 7.07. The average molecular weight is 375 g/mol. The van der Waals surface area contributed by atoms with Gasteiger partial charge < -0.3 is 14.8 Å². The molecule has 26 heavy (non-hydrogen) atoms. The van der Waals surface area contributed by atoms with Crippen molar-refractivity contribution in [1.29, 1.82) is 0 Å². The number of rotatable bonds is 7. The molecule has 1 aromatic heterocycles. The van der Waals surface area contributed by atoms with E-state index in [1.54, 1.807) is 23.5 Å². The van der Waals surface area contributed by atoms with Gasteiger partial charge in [-0.15, -0.1) is 0 Å². The van der Waals surface area contributed by atoms with E-state index >= 15 is 0 Å². The summed E-state index contributed by atoms with van der Waals surface area (Å²) in [5, 5.41) is 7.32. The number of thiophene rings is 1. The Morgan fingerprint density at radius 3 is 2.65 bits per heavy atom. The first-order valence-corrected chi connectivity index (χ1v) is 10.1. The number of ether oxygens (including phenoxy) is 2. The van der Waals surface area contributed by atoms with Crippen LogP contribution in [0, 0.1) is 0 Å². The number of carbonyl (C=O) groups excluding carboxylic acids is 1. The lowest BCUT2D eigenvalue weighted by molar-refractivity contribution is 0.0934. The monoisotopic (exact) mass is 374 g/mol. The quantitative estimate of drug-likeness (QED) is 0.802. The van der Waals surface area contributed by atoms with Crippen LogP contribution in [0.5, 0.6) is 11.5 Å². The summed E-state index contributed by atoms with van der Waals surface area (Å²) in [5.74, 6) is 1.26. The molecule has 0 saturated heterocycles. The van der Waals surface area contributed by atoms with E-state index in [9.17, 15) is 4.79 Å². The molecule has 6 heteroatoms. The van der Waals surface area contributed by atoms with Gasteiger partial charge in [0.05, 0.1) is 19.3 Å². The van der Waals surface area contributed by atoms with Crippen LogP contribution in [0.2, 0.25) is 0 Å². The fourth-order valence-corrected chi connectivity index (χ4v) is 3.89. The Morgan fingerprint density at radius 1 is 1.19 bits per heavy atom. The smallest absolute Gasteiger partial charge is 0.251 e. The first-order valence-electron chi connectivity index (χ1n) is 9.17. The van der Waals surface area contributed by atoms with Gasteiger partial charge in [-0.1, -0.05) is 13.8 Å². The van der Waals surface area contributed by atoms with Gasteiger partial charge in [-0.3, -0.25) is 9.69 Å². The summed E-state index contributed by atoms with van der Waals surface area (Å²) in [6, 6.07) is 7.69. The Morgan fingerprint density at radius 2 is 1.96 bits per heavy atom. The molecule has 3 rings (SSSR count). The molecule has 1 atom stereocenters. The van der Waals surface area contributed by atoms with E-state index in [4.69, 9.17) is 9.47 Å². The molecular weight excluding hydrogens is 348 g/mol. The largest absolute Gasteiger partial charge is 0.490 e. The van der Waals surface area contributed by atoms with Crippen molar-refractivity contribution in [1.82, 2.24) is 10.2 Å².